The average molecular weight is 119 g/mol. The minimum atomic E-state index is 0.556. The second kappa shape index (κ2) is 1.53. The second-order valence-corrected chi connectivity index (χ2v) is 3.47. The maximum Gasteiger partial charge on any atom is 0.0275 e. The molecule has 0 heteroatoms. The Kier molecular flexibility index (Phi) is 0.913. The summed E-state index contributed by atoms with van der Waals surface area (Å²) < 4.78 is 0. The van der Waals surface area contributed by atoms with E-state index in [1.165, 1.54) is 32.1 Å². The predicted octanol–water partition coefficient (Wildman–Crippen LogP) is 2.16. The van der Waals surface area contributed by atoms with Crippen molar-refractivity contribution in [3.05, 3.63) is 6.42 Å². The molecule has 1 radical (unpaired) electrons. The van der Waals surface area contributed by atoms with Crippen molar-refractivity contribution in [3.8, 4) is 5.92 Å². The van der Waals surface area contributed by atoms with E-state index in [2.05, 4.69) is 5.92 Å². The predicted molar refractivity (Wildman–Crippen MR) is 36.1 cm³/mol. The van der Waals surface area contributed by atoms with Gasteiger partial charge in [0.2, 0.25) is 0 Å². The van der Waals surface area contributed by atoms with Crippen LogP contribution in [0, 0.1) is 23.7 Å². The fourth-order valence-electron chi connectivity index (χ4n) is 2.18. The lowest BCUT2D eigenvalue weighted by Gasteiger charge is -2.01. The molecule has 2 fully saturated rings. The van der Waals surface area contributed by atoms with E-state index in [4.69, 9.17) is 6.42 Å². The van der Waals surface area contributed by atoms with Gasteiger partial charge in [0.15, 0.2) is 0 Å². The van der Waals surface area contributed by atoms with Gasteiger partial charge in [-0.15, -0.1) is 0 Å². The van der Waals surface area contributed by atoms with Crippen LogP contribution in [0.4, 0.5) is 0 Å². The zero-order valence-electron chi connectivity index (χ0n) is 5.61. The van der Waals surface area contributed by atoms with E-state index >= 15 is 0 Å². The zero-order chi connectivity index (χ0) is 6.32. The maximum absolute atomic E-state index is 6.96. The quantitative estimate of drug-likeness (QED) is 0.429. The lowest BCUT2D eigenvalue weighted by atomic mass is 10.0. The van der Waals surface area contributed by atoms with Crippen LogP contribution >= 0.6 is 0 Å². The first-order chi connectivity index (χ1) is 4.37. The van der Waals surface area contributed by atoms with E-state index in [0.717, 1.165) is 0 Å². The summed E-state index contributed by atoms with van der Waals surface area (Å²) in [6.45, 7) is 0. The van der Waals surface area contributed by atoms with Crippen LogP contribution in [-0.2, 0) is 0 Å². The molecule has 9 heavy (non-hydrogen) atoms. The molecule has 2 aliphatic rings. The van der Waals surface area contributed by atoms with Crippen molar-refractivity contribution in [2.45, 2.75) is 32.1 Å². The summed E-state index contributed by atoms with van der Waals surface area (Å²) in [5.74, 6) is 3.18. The third kappa shape index (κ3) is 0.611. The van der Waals surface area contributed by atoms with Crippen molar-refractivity contribution in [2.24, 2.45) is 11.3 Å². The van der Waals surface area contributed by atoms with Crippen LogP contribution in [0.25, 0.3) is 0 Å². The molecule has 0 amide bonds. The van der Waals surface area contributed by atoms with Gasteiger partial charge in [-0.25, -0.2) is 0 Å². The van der Waals surface area contributed by atoms with Crippen LogP contribution in [0.3, 0.4) is 0 Å². The smallest absolute Gasteiger partial charge is 0.0275 e. The lowest BCUT2D eigenvalue weighted by molar-refractivity contribution is 0.508. The SMILES string of the molecule is [C]#CC1CC12CCCC2. The maximum atomic E-state index is 6.96. The normalized spacial score (nSPS) is 36.6. The first-order valence-corrected chi connectivity index (χ1v) is 3.80. The molecule has 2 aliphatic carbocycles. The Hall–Kier alpha value is -0.440. The van der Waals surface area contributed by atoms with Crippen molar-refractivity contribution in [1.29, 1.82) is 0 Å². The number of hydrogen-bond donors (Lipinski definition) is 0. The van der Waals surface area contributed by atoms with Crippen LogP contribution in [0.2, 0.25) is 0 Å². The van der Waals surface area contributed by atoms with Gasteiger partial charge in [0, 0.05) is 5.92 Å². The molecule has 1 unspecified atom stereocenters. The van der Waals surface area contributed by atoms with Gasteiger partial charge < -0.3 is 0 Å². The highest BCUT2D eigenvalue weighted by Crippen LogP contribution is 2.62. The summed E-state index contributed by atoms with van der Waals surface area (Å²) in [7, 11) is 0. The van der Waals surface area contributed by atoms with Gasteiger partial charge in [-0.3, -0.25) is 0 Å². The van der Waals surface area contributed by atoms with E-state index in [9.17, 15) is 0 Å². The molecule has 1 atom stereocenters. The van der Waals surface area contributed by atoms with Crippen molar-refractivity contribution >= 4 is 0 Å². The highest BCUT2D eigenvalue weighted by Gasteiger charge is 2.54. The number of hydrogen-bond acceptors (Lipinski definition) is 0. The van der Waals surface area contributed by atoms with Crippen LogP contribution in [0.5, 0.6) is 0 Å². The Morgan fingerprint density at radius 2 is 2.00 bits per heavy atom. The summed E-state index contributed by atoms with van der Waals surface area (Å²) in [5.41, 5.74) is 0.613. The molecule has 0 aromatic rings. The first-order valence-electron chi connectivity index (χ1n) is 3.80. The highest BCUT2D eigenvalue weighted by atomic mass is 14.6. The molecular formula is C9H11. The minimum Gasteiger partial charge on any atom is -0.0851 e. The Balaban J connectivity index is 2.07. The second-order valence-electron chi connectivity index (χ2n) is 3.47. The molecule has 0 aromatic carbocycles. The van der Waals surface area contributed by atoms with Gasteiger partial charge in [0.05, 0.1) is 0 Å². The van der Waals surface area contributed by atoms with E-state index in [0.29, 0.717) is 11.3 Å². The molecule has 0 heterocycles. The van der Waals surface area contributed by atoms with Crippen LogP contribution in [0.1, 0.15) is 32.1 Å². The number of rotatable bonds is 0. The van der Waals surface area contributed by atoms with Gasteiger partial charge in [0.25, 0.3) is 0 Å². The molecule has 0 aromatic heterocycles. The summed E-state index contributed by atoms with van der Waals surface area (Å²) in [6, 6.07) is 0. The molecule has 2 rings (SSSR count). The standard InChI is InChI=1S/C9H11/c1-2-8-7-9(8)5-3-4-6-9/h8H,3-7H2. The Morgan fingerprint density at radius 3 is 2.44 bits per heavy atom. The molecule has 1 spiro atoms. The average Bonchev–Trinajstić information content (AvgIpc) is 2.30. The van der Waals surface area contributed by atoms with E-state index < -0.39 is 0 Å². The van der Waals surface area contributed by atoms with Crippen molar-refractivity contribution in [2.75, 3.05) is 0 Å². The van der Waals surface area contributed by atoms with Crippen LogP contribution < -0.4 is 0 Å². The summed E-state index contributed by atoms with van der Waals surface area (Å²) >= 11 is 0. The fraction of sp³-hybridized carbons (Fsp3) is 0.778. The summed E-state index contributed by atoms with van der Waals surface area (Å²) in [6.07, 6.45) is 13.8. The molecule has 0 N–H and O–H groups in total. The monoisotopic (exact) mass is 119 g/mol. The van der Waals surface area contributed by atoms with E-state index in [-0.39, 0.29) is 0 Å². The van der Waals surface area contributed by atoms with Gasteiger partial charge in [-0.2, -0.15) is 0 Å². The minimum absolute atomic E-state index is 0.556. The van der Waals surface area contributed by atoms with Crippen LogP contribution in [0.15, 0.2) is 0 Å². The van der Waals surface area contributed by atoms with Crippen LogP contribution in [-0.4, -0.2) is 0 Å². The molecular weight excluding hydrogens is 108 g/mol. The summed E-state index contributed by atoms with van der Waals surface area (Å²) in [4.78, 5) is 0. The van der Waals surface area contributed by atoms with Gasteiger partial charge in [-0.1, -0.05) is 18.8 Å². The molecule has 2 saturated carbocycles. The van der Waals surface area contributed by atoms with Gasteiger partial charge in [0.1, 0.15) is 0 Å². The van der Waals surface area contributed by atoms with Crippen molar-refractivity contribution in [3.63, 3.8) is 0 Å². The Morgan fingerprint density at radius 1 is 1.33 bits per heavy atom. The lowest BCUT2D eigenvalue weighted by Crippen LogP contribution is -1.93. The Labute approximate surface area is 56.6 Å². The zero-order valence-corrected chi connectivity index (χ0v) is 5.61. The third-order valence-corrected chi connectivity index (χ3v) is 2.96. The fourth-order valence-corrected chi connectivity index (χ4v) is 2.18. The molecule has 0 bridgehead atoms. The van der Waals surface area contributed by atoms with Crippen molar-refractivity contribution < 1.29 is 0 Å². The van der Waals surface area contributed by atoms with Gasteiger partial charge in [-0.05, 0) is 31.1 Å². The largest absolute Gasteiger partial charge is 0.0851 e. The topological polar surface area (TPSA) is 0 Å². The van der Waals surface area contributed by atoms with Crippen molar-refractivity contribution in [1.82, 2.24) is 0 Å². The molecule has 0 aliphatic heterocycles. The molecule has 0 nitrogen and oxygen atoms in total. The molecule has 0 saturated heterocycles. The highest BCUT2D eigenvalue weighted by molar-refractivity contribution is 5.15. The molecule has 47 valence electrons. The summed E-state index contributed by atoms with van der Waals surface area (Å²) in [5, 5.41) is 0. The van der Waals surface area contributed by atoms with E-state index in [1.54, 1.807) is 0 Å². The third-order valence-electron chi connectivity index (χ3n) is 2.96. The first kappa shape index (κ1) is 5.35. The van der Waals surface area contributed by atoms with Gasteiger partial charge >= 0.3 is 0 Å². The van der Waals surface area contributed by atoms with E-state index in [1.807, 2.05) is 0 Å². The Bertz CT molecular complexity index is 155.